The third-order valence-corrected chi connectivity index (χ3v) is 2.47. The molecule has 1 amide bonds. The maximum atomic E-state index is 11.5. The number of hydrogen-bond donors (Lipinski definition) is 2. The molecule has 6 heteroatoms. The van der Waals surface area contributed by atoms with E-state index in [0.29, 0.717) is 13.1 Å². The monoisotopic (exact) mass is 237 g/mol. The molecule has 2 N–H and O–H groups in total. The summed E-state index contributed by atoms with van der Waals surface area (Å²) in [5.74, 6) is 0.163. The molecule has 0 aliphatic carbocycles. The molecular formula is C9H20ClN3O2. The highest BCUT2D eigenvalue weighted by Crippen LogP contribution is 2.00. The van der Waals surface area contributed by atoms with Gasteiger partial charge in [-0.1, -0.05) is 0 Å². The minimum absolute atomic E-state index is 0. The zero-order chi connectivity index (χ0) is 10.4. The lowest BCUT2D eigenvalue weighted by Crippen LogP contribution is -2.51. The number of rotatable bonds is 4. The minimum atomic E-state index is 0. The number of hydrogen-bond acceptors (Lipinski definition) is 4. The molecular weight excluding hydrogens is 218 g/mol. The van der Waals surface area contributed by atoms with Crippen LogP contribution in [0, 0.1) is 0 Å². The van der Waals surface area contributed by atoms with E-state index in [-0.39, 0.29) is 24.9 Å². The Kier molecular flexibility index (Phi) is 7.68. The van der Waals surface area contributed by atoms with Crippen LogP contribution in [0.2, 0.25) is 0 Å². The van der Waals surface area contributed by atoms with Crippen molar-refractivity contribution in [1.29, 1.82) is 0 Å². The molecule has 1 rings (SSSR count). The van der Waals surface area contributed by atoms with Gasteiger partial charge in [0, 0.05) is 32.7 Å². The predicted octanol–water partition coefficient (Wildman–Crippen LogP) is -1.24. The van der Waals surface area contributed by atoms with Gasteiger partial charge in [-0.15, -0.1) is 12.4 Å². The number of likely N-dealkylation sites (N-methyl/N-ethyl adjacent to an activating group) is 1. The van der Waals surface area contributed by atoms with Crippen molar-refractivity contribution >= 4 is 18.3 Å². The summed E-state index contributed by atoms with van der Waals surface area (Å²) >= 11 is 0. The summed E-state index contributed by atoms with van der Waals surface area (Å²) in [6.07, 6.45) is 0. The van der Waals surface area contributed by atoms with Crippen molar-refractivity contribution in [3.63, 3.8) is 0 Å². The molecule has 90 valence electrons. The van der Waals surface area contributed by atoms with Crippen LogP contribution in [-0.4, -0.2) is 73.7 Å². The third-order valence-electron chi connectivity index (χ3n) is 2.47. The second-order valence-electron chi connectivity index (χ2n) is 3.48. The molecule has 1 fully saturated rings. The average molecular weight is 238 g/mol. The van der Waals surface area contributed by atoms with Crippen molar-refractivity contribution in [2.75, 3.05) is 52.9 Å². The summed E-state index contributed by atoms with van der Waals surface area (Å²) in [5.41, 5.74) is 0. The molecule has 0 radical (unpaired) electrons. The summed E-state index contributed by atoms with van der Waals surface area (Å²) in [5, 5.41) is 11.6. The van der Waals surface area contributed by atoms with Crippen LogP contribution in [0.5, 0.6) is 0 Å². The Morgan fingerprint density at radius 1 is 1.33 bits per heavy atom. The lowest BCUT2D eigenvalue weighted by Gasteiger charge is -2.34. The minimum Gasteiger partial charge on any atom is -0.395 e. The van der Waals surface area contributed by atoms with Gasteiger partial charge in [0.25, 0.3) is 0 Å². The first kappa shape index (κ1) is 14.6. The number of nitrogens with zero attached hydrogens (tertiary/aromatic N) is 2. The molecule has 15 heavy (non-hydrogen) atoms. The van der Waals surface area contributed by atoms with E-state index in [1.807, 2.05) is 4.90 Å². The number of aliphatic hydroxyl groups is 1. The van der Waals surface area contributed by atoms with Crippen molar-refractivity contribution in [3.8, 4) is 0 Å². The molecule has 0 spiro atoms. The van der Waals surface area contributed by atoms with Crippen LogP contribution < -0.4 is 5.32 Å². The molecule has 0 atom stereocenters. The van der Waals surface area contributed by atoms with Crippen molar-refractivity contribution in [3.05, 3.63) is 0 Å². The molecule has 0 bridgehead atoms. The Bertz CT molecular complexity index is 184. The van der Waals surface area contributed by atoms with Gasteiger partial charge < -0.3 is 15.3 Å². The van der Waals surface area contributed by atoms with Gasteiger partial charge in [0.05, 0.1) is 13.2 Å². The number of nitrogens with one attached hydrogen (secondary N) is 1. The van der Waals surface area contributed by atoms with Gasteiger partial charge in [-0.2, -0.15) is 0 Å². The molecule has 1 aliphatic heterocycles. The van der Waals surface area contributed by atoms with E-state index in [4.69, 9.17) is 5.11 Å². The highest BCUT2D eigenvalue weighted by Gasteiger charge is 2.19. The van der Waals surface area contributed by atoms with Crippen LogP contribution >= 0.6 is 12.4 Å². The number of amides is 1. The molecule has 1 heterocycles. The van der Waals surface area contributed by atoms with Crippen LogP contribution in [0.3, 0.4) is 0 Å². The Labute approximate surface area is 96.8 Å². The van der Waals surface area contributed by atoms with E-state index in [1.54, 1.807) is 7.05 Å². The molecule has 0 aromatic heterocycles. The van der Waals surface area contributed by atoms with E-state index in [0.717, 1.165) is 26.2 Å². The summed E-state index contributed by atoms with van der Waals surface area (Å²) in [6.45, 7) is 4.63. The largest absolute Gasteiger partial charge is 0.395 e. The van der Waals surface area contributed by atoms with Crippen molar-refractivity contribution < 1.29 is 9.90 Å². The van der Waals surface area contributed by atoms with Crippen LogP contribution in [0.25, 0.3) is 0 Å². The molecule has 5 nitrogen and oxygen atoms in total. The summed E-state index contributed by atoms with van der Waals surface area (Å²) in [6, 6.07) is 0. The quantitative estimate of drug-likeness (QED) is 0.643. The Morgan fingerprint density at radius 2 is 1.93 bits per heavy atom. The predicted molar refractivity (Wildman–Crippen MR) is 61.3 cm³/mol. The second kappa shape index (κ2) is 7.87. The van der Waals surface area contributed by atoms with Gasteiger partial charge in [-0.25, -0.2) is 0 Å². The first-order valence-electron chi connectivity index (χ1n) is 5.03. The van der Waals surface area contributed by atoms with E-state index < -0.39 is 0 Å². The van der Waals surface area contributed by atoms with Gasteiger partial charge in [-0.05, 0) is 7.05 Å². The third kappa shape index (κ3) is 4.79. The molecule has 1 saturated heterocycles. The van der Waals surface area contributed by atoms with Crippen LogP contribution in [0.4, 0.5) is 0 Å². The highest BCUT2D eigenvalue weighted by molar-refractivity contribution is 5.85. The molecule has 0 aromatic carbocycles. The Morgan fingerprint density at radius 3 is 2.40 bits per heavy atom. The van der Waals surface area contributed by atoms with Gasteiger partial charge in [-0.3, -0.25) is 9.69 Å². The smallest absolute Gasteiger partial charge is 0.236 e. The lowest BCUT2D eigenvalue weighted by molar-refractivity contribution is -0.131. The number of carbonyl (C=O) groups is 1. The number of aliphatic hydroxyl groups excluding tert-OH is 1. The van der Waals surface area contributed by atoms with E-state index >= 15 is 0 Å². The van der Waals surface area contributed by atoms with E-state index in [9.17, 15) is 4.79 Å². The summed E-state index contributed by atoms with van der Waals surface area (Å²) in [7, 11) is 1.78. The van der Waals surface area contributed by atoms with Crippen molar-refractivity contribution in [2.24, 2.45) is 0 Å². The zero-order valence-electron chi connectivity index (χ0n) is 9.11. The number of halogens is 1. The van der Waals surface area contributed by atoms with Gasteiger partial charge in [0.2, 0.25) is 5.91 Å². The topological polar surface area (TPSA) is 55.8 Å². The first-order valence-corrected chi connectivity index (χ1v) is 5.03. The second-order valence-corrected chi connectivity index (χ2v) is 3.48. The van der Waals surface area contributed by atoms with Crippen molar-refractivity contribution in [2.45, 2.75) is 0 Å². The van der Waals surface area contributed by atoms with Crippen LogP contribution in [0.15, 0.2) is 0 Å². The Balaban J connectivity index is 0.00000196. The Hall–Kier alpha value is -0.360. The molecule has 0 aromatic rings. The summed E-state index contributed by atoms with van der Waals surface area (Å²) in [4.78, 5) is 15.5. The first-order chi connectivity index (χ1) is 6.77. The van der Waals surface area contributed by atoms with Gasteiger partial charge >= 0.3 is 0 Å². The van der Waals surface area contributed by atoms with Gasteiger partial charge in [0.15, 0.2) is 0 Å². The van der Waals surface area contributed by atoms with Crippen molar-refractivity contribution in [1.82, 2.24) is 15.1 Å². The number of β-amino-alcohol motifs (C(OH)–C–C–N with tert-alkyl or cyclic N) is 1. The van der Waals surface area contributed by atoms with Crippen LogP contribution in [-0.2, 0) is 4.79 Å². The maximum absolute atomic E-state index is 11.5. The molecule has 1 aliphatic rings. The number of carbonyl (C=O) groups excluding carboxylic acids is 1. The maximum Gasteiger partial charge on any atom is 0.236 e. The summed E-state index contributed by atoms with van der Waals surface area (Å²) < 4.78 is 0. The average Bonchev–Trinajstić information content (AvgIpc) is 2.20. The lowest BCUT2D eigenvalue weighted by atomic mass is 10.3. The zero-order valence-corrected chi connectivity index (χ0v) is 9.92. The van der Waals surface area contributed by atoms with E-state index in [1.165, 1.54) is 0 Å². The SMILES string of the molecule is CNCC(=O)N1CCN(CCO)CC1.Cl. The van der Waals surface area contributed by atoms with E-state index in [2.05, 4.69) is 10.2 Å². The normalized spacial score (nSPS) is 17.3. The standard InChI is InChI=1S/C9H19N3O2.ClH/c1-10-8-9(14)12-4-2-11(3-5-12)6-7-13;/h10,13H,2-8H2,1H3;1H. The van der Waals surface area contributed by atoms with Gasteiger partial charge in [0.1, 0.15) is 0 Å². The fourth-order valence-electron chi connectivity index (χ4n) is 1.63. The fourth-order valence-corrected chi connectivity index (χ4v) is 1.63. The number of piperazine rings is 1. The molecule has 0 unspecified atom stereocenters. The fraction of sp³-hybridized carbons (Fsp3) is 0.889. The molecule has 0 saturated carbocycles. The highest BCUT2D eigenvalue weighted by atomic mass is 35.5. The van der Waals surface area contributed by atoms with Crippen LogP contribution in [0.1, 0.15) is 0 Å².